The predicted molar refractivity (Wildman–Crippen MR) is 125 cm³/mol. The lowest BCUT2D eigenvalue weighted by Crippen LogP contribution is -2.30. The number of aliphatic hydroxyl groups excluding tert-OH is 1. The standard InChI is InChI=1S/C25H29FN4O3/c1-14(24(31)30-22-11-17(25(32)33-2)13-29-23(22)27)15-3-5-16(6-4-15)19-9-10-28-21-8-7-18(26)12-20(19)21/h7-16,25,32H,3-6H2,1-2H3,(H2,27,29)(H,30,31)/t14-,15-,16+,25?/m1/s1. The van der Waals surface area contributed by atoms with E-state index in [2.05, 4.69) is 15.3 Å². The maximum Gasteiger partial charge on any atom is 0.227 e. The second-order valence-corrected chi connectivity index (χ2v) is 8.74. The summed E-state index contributed by atoms with van der Waals surface area (Å²) in [6.07, 6.45) is 5.71. The van der Waals surface area contributed by atoms with E-state index in [0.717, 1.165) is 42.1 Å². The minimum absolute atomic E-state index is 0.132. The van der Waals surface area contributed by atoms with Crippen LogP contribution in [0.15, 0.2) is 42.7 Å². The number of anilines is 2. The highest BCUT2D eigenvalue weighted by Gasteiger charge is 2.30. The molecule has 0 spiro atoms. The van der Waals surface area contributed by atoms with Crippen molar-refractivity contribution in [3.05, 3.63) is 59.7 Å². The number of hydrogen-bond donors (Lipinski definition) is 3. The van der Waals surface area contributed by atoms with Crippen molar-refractivity contribution in [1.82, 2.24) is 9.97 Å². The molecule has 2 aromatic heterocycles. The first-order valence-corrected chi connectivity index (χ1v) is 11.2. The lowest BCUT2D eigenvalue weighted by Gasteiger charge is -2.32. The second-order valence-electron chi connectivity index (χ2n) is 8.74. The number of halogens is 1. The number of carbonyl (C=O) groups is 1. The number of carbonyl (C=O) groups excluding carboxylic acids is 1. The van der Waals surface area contributed by atoms with Gasteiger partial charge >= 0.3 is 0 Å². The van der Waals surface area contributed by atoms with Crippen molar-refractivity contribution in [2.75, 3.05) is 18.2 Å². The topological polar surface area (TPSA) is 110 Å². The fraction of sp³-hybridized carbons (Fsp3) is 0.400. The van der Waals surface area contributed by atoms with Gasteiger partial charge in [-0.15, -0.1) is 0 Å². The summed E-state index contributed by atoms with van der Waals surface area (Å²) in [5.41, 5.74) is 8.62. The largest absolute Gasteiger partial charge is 0.382 e. The van der Waals surface area contributed by atoms with Crippen LogP contribution in [0.4, 0.5) is 15.9 Å². The molecule has 1 amide bonds. The smallest absolute Gasteiger partial charge is 0.227 e. The van der Waals surface area contributed by atoms with Crippen LogP contribution in [0.1, 0.15) is 55.9 Å². The summed E-state index contributed by atoms with van der Waals surface area (Å²) in [5, 5.41) is 13.6. The van der Waals surface area contributed by atoms with E-state index in [4.69, 9.17) is 10.5 Å². The van der Waals surface area contributed by atoms with Crippen molar-refractivity contribution < 1.29 is 19.0 Å². The number of methoxy groups -OCH3 is 1. The number of hydrogen-bond acceptors (Lipinski definition) is 6. The molecule has 174 valence electrons. The molecule has 0 bridgehead atoms. The van der Waals surface area contributed by atoms with Gasteiger partial charge in [0.1, 0.15) is 11.6 Å². The normalized spacial score (nSPS) is 20.4. The molecular formula is C25H29FN4O3. The van der Waals surface area contributed by atoms with Crippen molar-refractivity contribution in [3.8, 4) is 0 Å². The zero-order valence-corrected chi connectivity index (χ0v) is 18.8. The Bertz CT molecular complexity index is 1150. The van der Waals surface area contributed by atoms with Crippen LogP contribution in [-0.2, 0) is 9.53 Å². The van der Waals surface area contributed by atoms with Gasteiger partial charge in [0, 0.05) is 36.4 Å². The number of aromatic nitrogens is 2. The third kappa shape index (κ3) is 4.96. The first-order valence-electron chi connectivity index (χ1n) is 11.2. The Hall–Kier alpha value is -3.10. The highest BCUT2D eigenvalue weighted by atomic mass is 19.1. The molecule has 4 N–H and O–H groups in total. The molecular weight excluding hydrogens is 423 g/mol. The molecule has 1 fully saturated rings. The van der Waals surface area contributed by atoms with E-state index in [1.165, 1.54) is 19.4 Å². The zero-order chi connectivity index (χ0) is 23.5. The number of nitrogens with two attached hydrogens (primary N) is 1. The van der Waals surface area contributed by atoms with Crippen molar-refractivity contribution in [2.24, 2.45) is 11.8 Å². The maximum absolute atomic E-state index is 13.8. The molecule has 0 radical (unpaired) electrons. The lowest BCUT2D eigenvalue weighted by molar-refractivity contribution is -0.121. The van der Waals surface area contributed by atoms with Crippen molar-refractivity contribution >= 4 is 28.3 Å². The van der Waals surface area contributed by atoms with Crippen LogP contribution in [0.25, 0.3) is 10.9 Å². The van der Waals surface area contributed by atoms with Crippen LogP contribution in [-0.4, -0.2) is 28.1 Å². The van der Waals surface area contributed by atoms with Gasteiger partial charge in [-0.3, -0.25) is 9.78 Å². The third-order valence-electron chi connectivity index (χ3n) is 6.78. The molecule has 4 rings (SSSR count). The highest BCUT2D eigenvalue weighted by molar-refractivity contribution is 5.94. The summed E-state index contributed by atoms with van der Waals surface area (Å²) in [7, 11) is 1.38. The van der Waals surface area contributed by atoms with Crippen LogP contribution in [0, 0.1) is 17.7 Å². The fourth-order valence-electron chi connectivity index (χ4n) is 4.75. The monoisotopic (exact) mass is 452 g/mol. The maximum atomic E-state index is 13.8. The molecule has 1 saturated carbocycles. The van der Waals surface area contributed by atoms with E-state index < -0.39 is 6.29 Å². The van der Waals surface area contributed by atoms with Gasteiger partial charge in [-0.05, 0) is 73.4 Å². The molecule has 2 atom stereocenters. The summed E-state index contributed by atoms with van der Waals surface area (Å²) in [4.78, 5) is 21.3. The summed E-state index contributed by atoms with van der Waals surface area (Å²) in [5.74, 6) is 0.124. The Morgan fingerprint density at radius 1 is 1.21 bits per heavy atom. The Balaban J connectivity index is 1.41. The van der Waals surface area contributed by atoms with Crippen LogP contribution in [0.2, 0.25) is 0 Å². The first kappa shape index (κ1) is 23.1. The second kappa shape index (κ2) is 9.80. The average Bonchev–Trinajstić information content (AvgIpc) is 2.84. The molecule has 3 aromatic rings. The van der Waals surface area contributed by atoms with E-state index >= 15 is 0 Å². The van der Waals surface area contributed by atoms with E-state index in [1.54, 1.807) is 24.4 Å². The van der Waals surface area contributed by atoms with Gasteiger partial charge in [-0.1, -0.05) is 6.92 Å². The van der Waals surface area contributed by atoms with Crippen LogP contribution >= 0.6 is 0 Å². The van der Waals surface area contributed by atoms with Gasteiger partial charge in [0.05, 0.1) is 11.2 Å². The number of nitrogens with one attached hydrogen (secondary N) is 1. The van der Waals surface area contributed by atoms with E-state index in [1.807, 2.05) is 13.0 Å². The number of pyridine rings is 2. The van der Waals surface area contributed by atoms with Gasteiger partial charge < -0.3 is 20.9 Å². The molecule has 0 aliphatic heterocycles. The molecule has 1 aliphatic carbocycles. The van der Waals surface area contributed by atoms with Gasteiger partial charge in [-0.25, -0.2) is 9.37 Å². The summed E-state index contributed by atoms with van der Waals surface area (Å²) >= 11 is 0. The van der Waals surface area contributed by atoms with Gasteiger partial charge in [0.2, 0.25) is 5.91 Å². The summed E-state index contributed by atoms with van der Waals surface area (Å²) in [6, 6.07) is 8.27. The van der Waals surface area contributed by atoms with Crippen molar-refractivity contribution in [1.29, 1.82) is 0 Å². The summed E-state index contributed by atoms with van der Waals surface area (Å²) in [6.45, 7) is 1.93. The molecule has 8 heteroatoms. The highest BCUT2D eigenvalue weighted by Crippen LogP contribution is 2.41. The minimum Gasteiger partial charge on any atom is -0.382 e. The van der Waals surface area contributed by atoms with Gasteiger partial charge in [0.15, 0.2) is 6.29 Å². The Kier molecular flexibility index (Phi) is 6.85. The quantitative estimate of drug-likeness (QED) is 0.474. The minimum atomic E-state index is -1.14. The van der Waals surface area contributed by atoms with Gasteiger partial charge in [0.25, 0.3) is 0 Å². The number of rotatable bonds is 6. The Morgan fingerprint density at radius 3 is 2.70 bits per heavy atom. The van der Waals surface area contributed by atoms with E-state index in [0.29, 0.717) is 17.2 Å². The third-order valence-corrected chi connectivity index (χ3v) is 6.78. The van der Waals surface area contributed by atoms with Crippen LogP contribution in [0.3, 0.4) is 0 Å². The summed E-state index contributed by atoms with van der Waals surface area (Å²) < 4.78 is 18.7. The first-order chi connectivity index (χ1) is 15.9. The molecule has 1 unspecified atom stereocenters. The molecule has 7 nitrogen and oxygen atoms in total. The lowest BCUT2D eigenvalue weighted by atomic mass is 9.73. The average molecular weight is 453 g/mol. The number of aliphatic hydroxyl groups is 1. The fourth-order valence-corrected chi connectivity index (χ4v) is 4.75. The van der Waals surface area contributed by atoms with Crippen LogP contribution in [0.5, 0.6) is 0 Å². The number of amides is 1. The van der Waals surface area contributed by atoms with E-state index in [-0.39, 0.29) is 29.4 Å². The number of ether oxygens (including phenoxy) is 1. The number of fused-ring (bicyclic) bond motifs is 1. The predicted octanol–water partition coefficient (Wildman–Crippen LogP) is 4.54. The molecule has 33 heavy (non-hydrogen) atoms. The number of benzene rings is 1. The van der Waals surface area contributed by atoms with Crippen molar-refractivity contribution in [3.63, 3.8) is 0 Å². The molecule has 0 saturated heterocycles. The Labute approximate surface area is 192 Å². The molecule has 2 heterocycles. The molecule has 1 aromatic carbocycles. The SMILES string of the molecule is COC(O)c1cnc(N)c(NC(=O)[C@H](C)[C@H]2CC[C@@H](c3ccnc4ccc(F)cc43)CC2)c1. The molecule has 1 aliphatic rings. The Morgan fingerprint density at radius 2 is 1.97 bits per heavy atom. The zero-order valence-electron chi connectivity index (χ0n) is 18.8. The van der Waals surface area contributed by atoms with Crippen molar-refractivity contribution in [2.45, 2.75) is 44.8 Å². The van der Waals surface area contributed by atoms with E-state index in [9.17, 15) is 14.3 Å². The number of nitrogens with zero attached hydrogens (tertiary/aromatic N) is 2. The van der Waals surface area contributed by atoms with Crippen LogP contribution < -0.4 is 11.1 Å². The van der Waals surface area contributed by atoms with Gasteiger partial charge in [-0.2, -0.15) is 0 Å². The number of nitrogen functional groups attached to an aromatic ring is 1.